The molecule has 1 amide bonds. The zero-order valence-electron chi connectivity index (χ0n) is 22.3. The molecule has 0 fully saturated rings. The topological polar surface area (TPSA) is 151 Å². The Balaban J connectivity index is 1.45. The first-order valence-corrected chi connectivity index (χ1v) is 12.9. The summed E-state index contributed by atoms with van der Waals surface area (Å²) in [7, 11) is 0. The summed E-state index contributed by atoms with van der Waals surface area (Å²) in [6, 6.07) is 17.9. The average molecular weight is 596 g/mol. The number of carboxylic acids is 1. The highest BCUT2D eigenvalue weighted by molar-refractivity contribution is 6.08. The lowest BCUT2D eigenvalue weighted by Crippen LogP contribution is -2.20. The van der Waals surface area contributed by atoms with Gasteiger partial charge in [0.05, 0.1) is 33.3 Å². The minimum atomic E-state index is -1.32. The first-order chi connectivity index (χ1) is 21.2. The highest BCUT2D eigenvalue weighted by Gasteiger charge is 2.19. The summed E-state index contributed by atoms with van der Waals surface area (Å²) < 4.78 is 38.6. The van der Waals surface area contributed by atoms with E-state index < -0.39 is 23.5 Å². The van der Waals surface area contributed by atoms with Crippen molar-refractivity contribution >= 4 is 45.1 Å². The van der Waals surface area contributed by atoms with Gasteiger partial charge in [-0.2, -0.15) is 0 Å². The number of aromatic nitrogens is 1. The first-order valence-electron chi connectivity index (χ1n) is 12.9. The molecule has 0 aliphatic rings. The zero-order valence-corrected chi connectivity index (χ0v) is 22.3. The molecular formula is C32H19F2N3O7. The SMILES string of the molecule is O=C(O)c1cc(Nc2c(C(=O)NO)cnc3cc(-c4coc5ccccc5c4=O)ccc23)cc(Oc2cc(F)cc(F)c2)c1. The van der Waals surface area contributed by atoms with E-state index in [1.54, 1.807) is 47.9 Å². The number of ether oxygens (including phenoxy) is 1. The number of halogens is 2. The highest BCUT2D eigenvalue weighted by Crippen LogP contribution is 2.34. The van der Waals surface area contributed by atoms with Gasteiger partial charge in [-0.3, -0.25) is 19.8 Å². The summed E-state index contributed by atoms with van der Waals surface area (Å²) in [5.41, 5.74) is 2.75. The Hall–Kier alpha value is -6.14. The molecule has 218 valence electrons. The van der Waals surface area contributed by atoms with Crippen LogP contribution in [0.1, 0.15) is 20.7 Å². The van der Waals surface area contributed by atoms with Crippen LogP contribution in [0, 0.1) is 11.6 Å². The number of carbonyl (C=O) groups excluding carboxylic acids is 1. The van der Waals surface area contributed by atoms with Crippen molar-refractivity contribution in [1.29, 1.82) is 0 Å². The number of para-hydroxylation sites is 1. The number of carbonyl (C=O) groups is 2. The molecule has 0 aliphatic heterocycles. The third-order valence-electron chi connectivity index (χ3n) is 6.70. The fourth-order valence-corrected chi connectivity index (χ4v) is 4.73. The van der Waals surface area contributed by atoms with Gasteiger partial charge in [0.1, 0.15) is 35.0 Å². The Labute approximate surface area is 245 Å². The van der Waals surface area contributed by atoms with Crippen LogP contribution in [0.4, 0.5) is 20.2 Å². The fraction of sp³-hybridized carbons (Fsp3) is 0. The van der Waals surface area contributed by atoms with Gasteiger partial charge in [-0.05, 0) is 35.9 Å². The van der Waals surface area contributed by atoms with Crippen LogP contribution >= 0.6 is 0 Å². The number of fused-ring (bicyclic) bond motifs is 2. The van der Waals surface area contributed by atoms with Crippen LogP contribution in [-0.4, -0.2) is 27.2 Å². The van der Waals surface area contributed by atoms with Crippen molar-refractivity contribution in [3.8, 4) is 22.6 Å². The number of hydrogen-bond donors (Lipinski definition) is 4. The van der Waals surface area contributed by atoms with Crippen molar-refractivity contribution in [2.75, 3.05) is 5.32 Å². The monoisotopic (exact) mass is 595 g/mol. The number of amides is 1. The number of nitrogens with one attached hydrogen (secondary N) is 2. The maximum absolute atomic E-state index is 13.7. The molecule has 12 heteroatoms. The minimum absolute atomic E-state index is 0.0748. The van der Waals surface area contributed by atoms with Gasteiger partial charge in [-0.1, -0.05) is 24.3 Å². The van der Waals surface area contributed by atoms with E-state index in [1.807, 2.05) is 0 Å². The van der Waals surface area contributed by atoms with Crippen molar-refractivity contribution in [2.24, 2.45) is 0 Å². The Morgan fingerprint density at radius 1 is 0.886 bits per heavy atom. The lowest BCUT2D eigenvalue weighted by atomic mass is 10.0. The van der Waals surface area contributed by atoms with Gasteiger partial charge in [-0.15, -0.1) is 0 Å². The molecule has 0 spiro atoms. The van der Waals surface area contributed by atoms with Crippen LogP contribution in [0.5, 0.6) is 11.5 Å². The quantitative estimate of drug-likeness (QED) is 0.118. The van der Waals surface area contributed by atoms with Gasteiger partial charge < -0.3 is 19.6 Å². The van der Waals surface area contributed by atoms with Crippen molar-refractivity contribution in [2.45, 2.75) is 0 Å². The van der Waals surface area contributed by atoms with E-state index in [9.17, 15) is 33.5 Å². The van der Waals surface area contributed by atoms with Crippen molar-refractivity contribution in [3.05, 3.63) is 124 Å². The van der Waals surface area contributed by atoms with Gasteiger partial charge in [0.25, 0.3) is 5.91 Å². The lowest BCUT2D eigenvalue weighted by Gasteiger charge is -2.16. The van der Waals surface area contributed by atoms with E-state index >= 15 is 0 Å². The maximum atomic E-state index is 13.7. The Morgan fingerprint density at radius 2 is 1.64 bits per heavy atom. The molecule has 0 aliphatic carbocycles. The summed E-state index contributed by atoms with van der Waals surface area (Å²) in [5, 5.41) is 22.8. The molecule has 6 aromatic rings. The summed E-state index contributed by atoms with van der Waals surface area (Å²) in [6.45, 7) is 0. The van der Waals surface area contributed by atoms with Crippen LogP contribution in [0.2, 0.25) is 0 Å². The Kier molecular flexibility index (Phi) is 7.17. The van der Waals surface area contributed by atoms with Crippen molar-refractivity contribution < 1.29 is 37.8 Å². The molecule has 2 aromatic heterocycles. The summed E-state index contributed by atoms with van der Waals surface area (Å²) in [6.07, 6.45) is 2.54. The Morgan fingerprint density at radius 3 is 2.39 bits per heavy atom. The predicted molar refractivity (Wildman–Crippen MR) is 156 cm³/mol. The second-order valence-electron chi connectivity index (χ2n) is 9.58. The first kappa shape index (κ1) is 28.0. The number of nitrogens with zero attached hydrogens (tertiary/aromatic N) is 1. The van der Waals surface area contributed by atoms with Crippen LogP contribution in [0.25, 0.3) is 33.0 Å². The third-order valence-corrected chi connectivity index (χ3v) is 6.70. The molecular weight excluding hydrogens is 576 g/mol. The molecule has 0 saturated carbocycles. The third kappa shape index (κ3) is 5.40. The number of benzene rings is 4. The number of hydrogen-bond acceptors (Lipinski definition) is 8. The largest absolute Gasteiger partial charge is 0.478 e. The molecule has 10 nitrogen and oxygen atoms in total. The number of anilines is 2. The number of carboxylic acid groups (broad SMARTS) is 1. The van der Waals surface area contributed by atoms with E-state index in [2.05, 4.69) is 10.3 Å². The molecule has 6 rings (SSSR count). The van der Waals surface area contributed by atoms with Gasteiger partial charge in [-0.25, -0.2) is 19.1 Å². The molecule has 4 N–H and O–H groups in total. The van der Waals surface area contributed by atoms with E-state index in [0.717, 1.165) is 18.2 Å². The molecule has 0 saturated heterocycles. The van der Waals surface area contributed by atoms with Crippen molar-refractivity contribution in [1.82, 2.24) is 10.5 Å². The molecule has 4 aromatic carbocycles. The molecule has 2 heterocycles. The minimum Gasteiger partial charge on any atom is -0.478 e. The summed E-state index contributed by atoms with van der Waals surface area (Å²) >= 11 is 0. The second kappa shape index (κ2) is 11.3. The maximum Gasteiger partial charge on any atom is 0.335 e. The second-order valence-corrected chi connectivity index (χ2v) is 9.58. The summed E-state index contributed by atoms with van der Waals surface area (Å²) in [5.74, 6) is -4.31. The molecule has 0 radical (unpaired) electrons. The molecule has 0 unspecified atom stereocenters. The number of hydroxylamine groups is 1. The van der Waals surface area contributed by atoms with Crippen LogP contribution in [0.15, 0.2) is 101 Å². The van der Waals surface area contributed by atoms with E-state index in [1.165, 1.54) is 24.6 Å². The number of pyridine rings is 1. The van der Waals surface area contributed by atoms with Gasteiger partial charge >= 0.3 is 5.97 Å². The standard InChI is InChI=1S/C32H19F2N3O7/c33-18-10-19(34)12-22(11-18)44-21-8-17(32(40)41)7-20(13-21)36-29-23-6-5-16(9-27(23)35-14-25(29)31(39)37-42)26-15-43-28-4-2-1-3-24(28)30(26)38/h1-15,42H,(H,35,36)(H,37,39)(H,40,41). The average Bonchev–Trinajstić information content (AvgIpc) is 3.00. The smallest absolute Gasteiger partial charge is 0.335 e. The molecule has 0 atom stereocenters. The van der Waals surface area contributed by atoms with E-state index in [0.29, 0.717) is 33.5 Å². The molecule has 0 bridgehead atoms. The lowest BCUT2D eigenvalue weighted by molar-refractivity contribution is 0.0693. The molecule has 44 heavy (non-hydrogen) atoms. The fourth-order valence-electron chi connectivity index (χ4n) is 4.73. The summed E-state index contributed by atoms with van der Waals surface area (Å²) in [4.78, 5) is 42.0. The zero-order chi connectivity index (χ0) is 31.0. The number of rotatable bonds is 7. The van der Waals surface area contributed by atoms with Crippen LogP contribution in [-0.2, 0) is 0 Å². The van der Waals surface area contributed by atoms with Crippen LogP contribution in [0.3, 0.4) is 0 Å². The van der Waals surface area contributed by atoms with E-state index in [4.69, 9.17) is 9.15 Å². The highest BCUT2D eigenvalue weighted by atomic mass is 19.1. The normalized spacial score (nSPS) is 11.0. The van der Waals surface area contributed by atoms with Gasteiger partial charge in [0.15, 0.2) is 5.43 Å². The number of aromatic carboxylic acids is 1. The van der Waals surface area contributed by atoms with Gasteiger partial charge in [0.2, 0.25) is 0 Å². The van der Waals surface area contributed by atoms with Gasteiger partial charge in [0, 0.05) is 41.5 Å². The van der Waals surface area contributed by atoms with Crippen LogP contribution < -0.4 is 21.0 Å². The Bertz CT molecular complexity index is 2160. The van der Waals surface area contributed by atoms with E-state index in [-0.39, 0.29) is 45.0 Å². The predicted octanol–water partition coefficient (Wildman–Crippen LogP) is 6.64. The van der Waals surface area contributed by atoms with Crippen molar-refractivity contribution in [3.63, 3.8) is 0 Å².